The lowest BCUT2D eigenvalue weighted by molar-refractivity contribution is -0.394. The molecule has 0 aliphatic rings. The lowest BCUT2D eigenvalue weighted by atomic mass is 10.1. The van der Waals surface area contributed by atoms with Gasteiger partial charge in [0.15, 0.2) is 11.5 Å². The van der Waals surface area contributed by atoms with Gasteiger partial charge in [0.1, 0.15) is 0 Å². The van der Waals surface area contributed by atoms with Crippen LogP contribution in [0, 0.1) is 27.2 Å². The first-order valence-electron chi connectivity index (χ1n) is 10.2. The number of aryl methyl sites for hydroxylation is 1. The molecule has 0 aliphatic carbocycles. The van der Waals surface area contributed by atoms with E-state index in [1.807, 2.05) is 6.92 Å². The Bertz CT molecular complexity index is 1330. The molecule has 0 radical (unpaired) electrons. The average Bonchev–Trinajstić information content (AvgIpc) is 2.80. The van der Waals surface area contributed by atoms with Gasteiger partial charge in [-0.15, -0.1) is 0 Å². The number of hydrogen-bond donors (Lipinski definition) is 1. The van der Waals surface area contributed by atoms with Crippen molar-refractivity contribution >= 4 is 35.1 Å². The summed E-state index contributed by atoms with van der Waals surface area (Å²) in [5, 5.41) is 26.5. The van der Waals surface area contributed by atoms with Crippen LogP contribution in [0.4, 0.5) is 11.4 Å². The Morgan fingerprint density at radius 3 is 2.43 bits per heavy atom. The summed E-state index contributed by atoms with van der Waals surface area (Å²) in [7, 11) is 0. The van der Waals surface area contributed by atoms with Gasteiger partial charge in [-0.2, -0.15) is 5.10 Å². The SMILES string of the molecule is CCOc1cc(/C=N/NC(=O)c2ccc(C)cc2Cl)ccc1Oc1ccc([N+](=O)[O-])cc1[N+](=O)[O-]. The van der Waals surface area contributed by atoms with Crippen LogP contribution in [0.25, 0.3) is 0 Å². The number of amides is 1. The molecule has 0 heterocycles. The standard InChI is InChI=1S/C23H19ClN4O7/c1-3-34-22-11-15(13-25-26-23(29)17-7-4-14(2)10-18(17)24)5-8-21(22)35-20-9-6-16(27(30)31)12-19(20)28(32)33/h4-13H,3H2,1-2H3,(H,26,29)/b25-13+. The number of hydrazone groups is 1. The second-order valence-corrected chi connectivity index (χ2v) is 7.50. The van der Waals surface area contributed by atoms with Gasteiger partial charge in [0.25, 0.3) is 11.6 Å². The molecule has 0 saturated carbocycles. The van der Waals surface area contributed by atoms with Crippen molar-refractivity contribution in [1.29, 1.82) is 0 Å². The molecule has 35 heavy (non-hydrogen) atoms. The average molecular weight is 499 g/mol. The fourth-order valence-electron chi connectivity index (χ4n) is 2.95. The van der Waals surface area contributed by atoms with Gasteiger partial charge in [-0.25, -0.2) is 5.43 Å². The molecule has 1 N–H and O–H groups in total. The number of hydrogen-bond acceptors (Lipinski definition) is 8. The van der Waals surface area contributed by atoms with Crippen molar-refractivity contribution in [2.45, 2.75) is 13.8 Å². The summed E-state index contributed by atoms with van der Waals surface area (Å²) in [5.41, 5.74) is 3.12. The Morgan fingerprint density at radius 2 is 1.77 bits per heavy atom. The first-order valence-corrected chi connectivity index (χ1v) is 10.5. The van der Waals surface area contributed by atoms with E-state index in [1.54, 1.807) is 37.3 Å². The van der Waals surface area contributed by atoms with Crippen molar-refractivity contribution in [3.05, 3.63) is 96.5 Å². The maximum atomic E-state index is 12.3. The number of rotatable bonds is 9. The van der Waals surface area contributed by atoms with E-state index in [0.29, 0.717) is 10.6 Å². The number of nitro groups is 2. The number of ether oxygens (including phenoxy) is 2. The molecule has 0 aromatic heterocycles. The van der Waals surface area contributed by atoms with Gasteiger partial charge in [0, 0.05) is 6.07 Å². The Balaban J connectivity index is 1.81. The predicted octanol–water partition coefficient (Wildman–Crippen LogP) is 5.42. The van der Waals surface area contributed by atoms with Crippen LogP contribution in [0.5, 0.6) is 17.2 Å². The van der Waals surface area contributed by atoms with Crippen molar-refractivity contribution in [3.8, 4) is 17.2 Å². The largest absolute Gasteiger partial charge is 0.490 e. The van der Waals surface area contributed by atoms with Crippen LogP contribution >= 0.6 is 11.6 Å². The second kappa shape index (κ2) is 11.1. The van der Waals surface area contributed by atoms with Gasteiger partial charge in [-0.1, -0.05) is 17.7 Å². The molecule has 0 unspecified atom stereocenters. The molecule has 180 valence electrons. The summed E-state index contributed by atoms with van der Waals surface area (Å²) in [4.78, 5) is 33.1. The van der Waals surface area contributed by atoms with E-state index in [-0.39, 0.29) is 29.4 Å². The molecule has 0 atom stereocenters. The van der Waals surface area contributed by atoms with Crippen LogP contribution in [0.3, 0.4) is 0 Å². The van der Waals surface area contributed by atoms with E-state index < -0.39 is 27.1 Å². The zero-order valence-electron chi connectivity index (χ0n) is 18.6. The normalized spacial score (nSPS) is 10.7. The Hall–Kier alpha value is -4.51. The Morgan fingerprint density at radius 1 is 1.03 bits per heavy atom. The molecular formula is C23H19ClN4O7. The summed E-state index contributed by atoms with van der Waals surface area (Å²) >= 11 is 6.10. The molecule has 3 aromatic rings. The fraction of sp³-hybridized carbons (Fsp3) is 0.130. The van der Waals surface area contributed by atoms with Crippen LogP contribution in [-0.2, 0) is 0 Å². The third-order valence-electron chi connectivity index (χ3n) is 4.59. The molecule has 0 spiro atoms. The van der Waals surface area contributed by atoms with E-state index in [2.05, 4.69) is 10.5 Å². The fourth-order valence-corrected chi connectivity index (χ4v) is 3.28. The zero-order chi connectivity index (χ0) is 25.5. The third-order valence-corrected chi connectivity index (χ3v) is 4.90. The minimum absolute atomic E-state index is 0.149. The van der Waals surface area contributed by atoms with Crippen molar-refractivity contribution in [3.63, 3.8) is 0 Å². The quantitative estimate of drug-likeness (QED) is 0.235. The van der Waals surface area contributed by atoms with E-state index in [0.717, 1.165) is 23.8 Å². The summed E-state index contributed by atoms with van der Waals surface area (Å²) < 4.78 is 11.2. The van der Waals surface area contributed by atoms with Gasteiger partial charge in [-0.3, -0.25) is 25.0 Å². The number of benzene rings is 3. The molecule has 0 aliphatic heterocycles. The molecule has 0 fully saturated rings. The van der Waals surface area contributed by atoms with E-state index in [1.165, 1.54) is 12.3 Å². The number of carbonyl (C=O) groups excluding carboxylic acids is 1. The lowest BCUT2D eigenvalue weighted by Gasteiger charge is -2.12. The Kier molecular flexibility index (Phi) is 7.95. The molecule has 0 bridgehead atoms. The van der Waals surface area contributed by atoms with Crippen molar-refractivity contribution in [1.82, 2.24) is 5.43 Å². The molecular weight excluding hydrogens is 480 g/mol. The molecule has 12 heteroatoms. The van der Waals surface area contributed by atoms with Crippen molar-refractivity contribution in [2.75, 3.05) is 6.61 Å². The number of carbonyl (C=O) groups is 1. The first-order chi connectivity index (χ1) is 16.7. The van der Waals surface area contributed by atoms with Crippen LogP contribution in [0.15, 0.2) is 59.7 Å². The summed E-state index contributed by atoms with van der Waals surface area (Å²) in [6, 6.07) is 12.7. The zero-order valence-corrected chi connectivity index (χ0v) is 19.3. The van der Waals surface area contributed by atoms with Crippen LogP contribution < -0.4 is 14.9 Å². The molecule has 0 saturated heterocycles. The number of halogens is 1. The summed E-state index contributed by atoms with van der Waals surface area (Å²) in [6.07, 6.45) is 1.38. The van der Waals surface area contributed by atoms with Gasteiger partial charge >= 0.3 is 5.69 Å². The number of nitrogens with one attached hydrogen (secondary N) is 1. The molecule has 11 nitrogen and oxygen atoms in total. The minimum Gasteiger partial charge on any atom is -0.490 e. The topological polar surface area (TPSA) is 146 Å². The monoisotopic (exact) mass is 498 g/mol. The first kappa shape index (κ1) is 25.1. The third kappa shape index (κ3) is 6.30. The van der Waals surface area contributed by atoms with Gasteiger partial charge < -0.3 is 9.47 Å². The number of nitrogens with zero attached hydrogens (tertiary/aromatic N) is 3. The number of nitro benzene ring substituents is 2. The lowest BCUT2D eigenvalue weighted by Crippen LogP contribution is -2.18. The van der Waals surface area contributed by atoms with Crippen LogP contribution in [-0.4, -0.2) is 28.6 Å². The van der Waals surface area contributed by atoms with Crippen LogP contribution in [0.2, 0.25) is 5.02 Å². The highest BCUT2D eigenvalue weighted by Crippen LogP contribution is 2.38. The number of non-ortho nitro benzene ring substituents is 1. The minimum atomic E-state index is -0.771. The predicted molar refractivity (Wildman–Crippen MR) is 129 cm³/mol. The van der Waals surface area contributed by atoms with E-state index >= 15 is 0 Å². The maximum absolute atomic E-state index is 12.3. The second-order valence-electron chi connectivity index (χ2n) is 7.09. The highest BCUT2D eigenvalue weighted by atomic mass is 35.5. The molecule has 1 amide bonds. The summed E-state index contributed by atoms with van der Waals surface area (Å²) in [5.74, 6) is -0.277. The van der Waals surface area contributed by atoms with Gasteiger partial charge in [-0.05, 0) is 61.4 Å². The van der Waals surface area contributed by atoms with E-state index in [4.69, 9.17) is 21.1 Å². The van der Waals surface area contributed by atoms with Crippen molar-refractivity contribution < 1.29 is 24.1 Å². The van der Waals surface area contributed by atoms with Crippen molar-refractivity contribution in [2.24, 2.45) is 5.10 Å². The highest BCUT2D eigenvalue weighted by molar-refractivity contribution is 6.33. The highest BCUT2D eigenvalue weighted by Gasteiger charge is 2.22. The Labute approximate surface area is 204 Å². The maximum Gasteiger partial charge on any atom is 0.318 e. The molecule has 3 aromatic carbocycles. The smallest absolute Gasteiger partial charge is 0.318 e. The molecule has 3 rings (SSSR count). The summed E-state index contributed by atoms with van der Waals surface area (Å²) in [6.45, 7) is 3.86. The van der Waals surface area contributed by atoms with Crippen LogP contribution in [0.1, 0.15) is 28.4 Å². The van der Waals surface area contributed by atoms with Gasteiger partial charge in [0.2, 0.25) is 5.75 Å². The van der Waals surface area contributed by atoms with E-state index in [9.17, 15) is 25.0 Å². The van der Waals surface area contributed by atoms with Gasteiger partial charge in [0.05, 0.1) is 39.3 Å².